The Kier molecular flexibility index (Phi) is 2.71. The van der Waals surface area contributed by atoms with Crippen molar-refractivity contribution in [3.8, 4) is 0 Å². The molecule has 17 heavy (non-hydrogen) atoms. The van der Waals surface area contributed by atoms with Crippen molar-refractivity contribution >= 4 is 11.4 Å². The quantitative estimate of drug-likeness (QED) is 0.789. The molecular weight excluding hydrogens is 210 g/mol. The maximum atomic E-state index is 6.10. The van der Waals surface area contributed by atoms with Crippen LogP contribution in [0.25, 0.3) is 0 Å². The molecule has 1 aromatic rings. The zero-order valence-corrected chi connectivity index (χ0v) is 10.5. The van der Waals surface area contributed by atoms with Crippen molar-refractivity contribution in [2.75, 3.05) is 36.8 Å². The summed E-state index contributed by atoms with van der Waals surface area (Å²) < 4.78 is 0. The van der Waals surface area contributed by atoms with Crippen LogP contribution in [0.3, 0.4) is 0 Å². The second kappa shape index (κ2) is 4.22. The smallest absolute Gasteiger partial charge is 0.0630 e. The van der Waals surface area contributed by atoms with E-state index < -0.39 is 0 Å². The average Bonchev–Trinajstić information content (AvgIpc) is 3.14. The number of nitrogen functional groups attached to an aromatic ring is 1. The van der Waals surface area contributed by atoms with Crippen LogP contribution >= 0.6 is 0 Å². The molecule has 92 valence electrons. The molecule has 1 aliphatic heterocycles. The molecule has 2 N–H and O–H groups in total. The molecule has 0 spiro atoms. The van der Waals surface area contributed by atoms with Gasteiger partial charge in [-0.2, -0.15) is 0 Å². The fourth-order valence-electron chi connectivity index (χ4n) is 2.86. The van der Waals surface area contributed by atoms with E-state index in [2.05, 4.69) is 22.8 Å². The summed E-state index contributed by atoms with van der Waals surface area (Å²) in [7, 11) is 0. The number of benzene rings is 1. The molecule has 0 unspecified atom stereocenters. The highest BCUT2D eigenvalue weighted by Gasteiger charge is 2.31. The van der Waals surface area contributed by atoms with Gasteiger partial charge < -0.3 is 10.6 Å². The first-order chi connectivity index (χ1) is 8.25. The minimum absolute atomic E-state index is 0.895. The third kappa shape index (κ3) is 2.12. The van der Waals surface area contributed by atoms with Crippen molar-refractivity contribution in [1.29, 1.82) is 0 Å². The highest BCUT2D eigenvalue weighted by molar-refractivity contribution is 5.71. The van der Waals surface area contributed by atoms with E-state index in [-0.39, 0.29) is 0 Å². The summed E-state index contributed by atoms with van der Waals surface area (Å²) in [6, 6.07) is 7.09. The first kappa shape index (κ1) is 10.9. The van der Waals surface area contributed by atoms with Gasteiger partial charge >= 0.3 is 0 Å². The Morgan fingerprint density at radius 2 is 1.82 bits per heavy atom. The maximum absolute atomic E-state index is 6.10. The first-order valence-electron chi connectivity index (χ1n) is 6.60. The highest BCUT2D eigenvalue weighted by Crippen LogP contribution is 2.31. The van der Waals surface area contributed by atoms with Gasteiger partial charge in [0, 0.05) is 32.2 Å². The van der Waals surface area contributed by atoms with E-state index >= 15 is 0 Å². The van der Waals surface area contributed by atoms with E-state index in [0.29, 0.717) is 0 Å². The molecule has 2 fully saturated rings. The molecule has 1 aromatic carbocycles. The van der Waals surface area contributed by atoms with E-state index in [1.54, 1.807) is 0 Å². The monoisotopic (exact) mass is 231 g/mol. The molecule has 0 bridgehead atoms. The van der Waals surface area contributed by atoms with Crippen LogP contribution in [0, 0.1) is 6.92 Å². The van der Waals surface area contributed by atoms with Gasteiger partial charge in [-0.25, -0.2) is 0 Å². The summed E-state index contributed by atoms with van der Waals surface area (Å²) in [5.74, 6) is 0. The van der Waals surface area contributed by atoms with Crippen LogP contribution in [0.4, 0.5) is 11.4 Å². The van der Waals surface area contributed by atoms with Crippen molar-refractivity contribution in [3.63, 3.8) is 0 Å². The number of anilines is 2. The Hall–Kier alpha value is -1.22. The van der Waals surface area contributed by atoms with E-state index in [1.807, 2.05) is 12.1 Å². The maximum Gasteiger partial charge on any atom is 0.0630 e. The lowest BCUT2D eigenvalue weighted by Gasteiger charge is -2.37. The zero-order valence-electron chi connectivity index (χ0n) is 10.5. The van der Waals surface area contributed by atoms with Crippen molar-refractivity contribution in [2.45, 2.75) is 25.8 Å². The molecule has 0 amide bonds. The average molecular weight is 231 g/mol. The van der Waals surface area contributed by atoms with Crippen LogP contribution in [-0.4, -0.2) is 37.1 Å². The van der Waals surface area contributed by atoms with Gasteiger partial charge in [0.2, 0.25) is 0 Å². The number of rotatable bonds is 2. The van der Waals surface area contributed by atoms with Gasteiger partial charge in [0.15, 0.2) is 0 Å². The lowest BCUT2D eigenvalue weighted by Crippen LogP contribution is -2.47. The number of para-hydroxylation sites is 1. The summed E-state index contributed by atoms with van der Waals surface area (Å²) in [6.45, 7) is 6.77. The van der Waals surface area contributed by atoms with Crippen LogP contribution in [0.2, 0.25) is 0 Å². The van der Waals surface area contributed by atoms with Gasteiger partial charge in [0.25, 0.3) is 0 Å². The molecule has 3 nitrogen and oxygen atoms in total. The lowest BCUT2D eigenvalue weighted by atomic mass is 10.1. The van der Waals surface area contributed by atoms with Crippen LogP contribution in [0.5, 0.6) is 0 Å². The minimum atomic E-state index is 0.895. The predicted molar refractivity (Wildman–Crippen MR) is 72.4 cm³/mol. The fourth-order valence-corrected chi connectivity index (χ4v) is 2.86. The summed E-state index contributed by atoms with van der Waals surface area (Å²) >= 11 is 0. The van der Waals surface area contributed by atoms with Crippen LogP contribution in [-0.2, 0) is 0 Å². The Labute approximate surface area is 103 Å². The third-order valence-electron chi connectivity index (χ3n) is 3.96. The van der Waals surface area contributed by atoms with E-state index in [0.717, 1.165) is 24.8 Å². The van der Waals surface area contributed by atoms with Crippen LogP contribution in [0.1, 0.15) is 18.4 Å². The molecule has 0 atom stereocenters. The van der Waals surface area contributed by atoms with Gasteiger partial charge in [-0.3, -0.25) is 4.90 Å². The summed E-state index contributed by atoms with van der Waals surface area (Å²) in [6.07, 6.45) is 2.82. The number of piperazine rings is 1. The van der Waals surface area contributed by atoms with Gasteiger partial charge in [-0.1, -0.05) is 12.1 Å². The first-order valence-corrected chi connectivity index (χ1v) is 6.60. The summed E-state index contributed by atoms with van der Waals surface area (Å²) in [4.78, 5) is 5.08. The van der Waals surface area contributed by atoms with E-state index in [4.69, 9.17) is 5.73 Å². The van der Waals surface area contributed by atoms with Crippen LogP contribution < -0.4 is 10.6 Å². The fraction of sp³-hybridized carbons (Fsp3) is 0.571. The Morgan fingerprint density at radius 1 is 1.12 bits per heavy atom. The SMILES string of the molecule is Cc1cccc(N)c1N1CCN(C2CC2)CC1. The number of hydrogen-bond donors (Lipinski definition) is 1. The molecular formula is C14H21N3. The number of aryl methyl sites for hydroxylation is 1. The van der Waals surface area contributed by atoms with E-state index in [9.17, 15) is 0 Å². The minimum Gasteiger partial charge on any atom is -0.397 e. The third-order valence-corrected chi connectivity index (χ3v) is 3.96. The standard InChI is InChI=1S/C14H21N3/c1-11-3-2-4-13(15)14(11)17-9-7-16(8-10-17)12-5-6-12/h2-4,12H,5-10,15H2,1H3. The number of nitrogens with two attached hydrogens (primary N) is 1. The Balaban J connectivity index is 1.73. The molecule has 0 aromatic heterocycles. The molecule has 1 saturated carbocycles. The second-order valence-corrected chi connectivity index (χ2v) is 5.27. The van der Waals surface area contributed by atoms with Crippen molar-refractivity contribution < 1.29 is 0 Å². The lowest BCUT2D eigenvalue weighted by molar-refractivity contribution is 0.248. The highest BCUT2D eigenvalue weighted by atomic mass is 15.3. The Morgan fingerprint density at radius 3 is 2.41 bits per heavy atom. The van der Waals surface area contributed by atoms with Gasteiger partial charge in [-0.15, -0.1) is 0 Å². The van der Waals surface area contributed by atoms with Crippen molar-refractivity contribution in [1.82, 2.24) is 4.90 Å². The van der Waals surface area contributed by atoms with Gasteiger partial charge in [0.05, 0.1) is 11.4 Å². The molecule has 1 aliphatic carbocycles. The Bertz CT molecular complexity index is 384. The predicted octanol–water partition coefficient (Wildman–Crippen LogP) is 1.86. The summed E-state index contributed by atoms with van der Waals surface area (Å²) in [5, 5.41) is 0. The summed E-state index contributed by atoms with van der Waals surface area (Å²) in [5.41, 5.74) is 9.57. The van der Waals surface area contributed by atoms with Crippen LogP contribution in [0.15, 0.2) is 18.2 Å². The topological polar surface area (TPSA) is 32.5 Å². The largest absolute Gasteiger partial charge is 0.397 e. The number of nitrogens with zero attached hydrogens (tertiary/aromatic N) is 2. The molecule has 2 aliphatic rings. The molecule has 1 saturated heterocycles. The molecule has 1 heterocycles. The van der Waals surface area contributed by atoms with E-state index in [1.165, 1.54) is 37.2 Å². The van der Waals surface area contributed by atoms with Gasteiger partial charge in [0.1, 0.15) is 0 Å². The van der Waals surface area contributed by atoms with Gasteiger partial charge in [-0.05, 0) is 31.4 Å². The molecule has 3 heteroatoms. The molecule has 3 rings (SSSR count). The normalized spacial score (nSPS) is 21.8. The van der Waals surface area contributed by atoms with Crippen molar-refractivity contribution in [2.24, 2.45) is 0 Å². The molecule has 0 radical (unpaired) electrons. The van der Waals surface area contributed by atoms with Crippen molar-refractivity contribution in [3.05, 3.63) is 23.8 Å². The number of hydrogen-bond acceptors (Lipinski definition) is 3. The zero-order chi connectivity index (χ0) is 11.8. The second-order valence-electron chi connectivity index (χ2n) is 5.27.